The Morgan fingerprint density at radius 2 is 1.91 bits per heavy atom. The van der Waals surface area contributed by atoms with Crippen molar-refractivity contribution in [3.63, 3.8) is 0 Å². The van der Waals surface area contributed by atoms with Gasteiger partial charge in [-0.1, -0.05) is 35.9 Å². The number of aliphatic hydroxyl groups is 4. The highest BCUT2D eigenvalue weighted by Crippen LogP contribution is 2.54. The molecule has 1 aliphatic heterocycles. The van der Waals surface area contributed by atoms with Gasteiger partial charge in [-0.3, -0.25) is 0 Å². The van der Waals surface area contributed by atoms with Crippen LogP contribution in [0.4, 0.5) is 0 Å². The van der Waals surface area contributed by atoms with Crippen LogP contribution in [0, 0.1) is 5.92 Å². The van der Waals surface area contributed by atoms with Gasteiger partial charge in [-0.15, -0.1) is 0 Å². The average Bonchev–Trinajstić information content (AvgIpc) is 2.77. The zero-order valence-corrected chi connectivity index (χ0v) is 18.9. The Labute approximate surface area is 193 Å². The van der Waals surface area contributed by atoms with Crippen molar-refractivity contribution in [2.75, 3.05) is 13.2 Å². The van der Waals surface area contributed by atoms with Crippen LogP contribution in [0.3, 0.4) is 0 Å². The minimum Gasteiger partial charge on any atom is -0.494 e. The molecule has 32 heavy (non-hydrogen) atoms. The van der Waals surface area contributed by atoms with Crippen LogP contribution in [0.15, 0.2) is 42.5 Å². The van der Waals surface area contributed by atoms with E-state index < -0.39 is 30.0 Å². The molecule has 2 aliphatic rings. The third-order valence-electron chi connectivity index (χ3n) is 6.81. The highest BCUT2D eigenvalue weighted by molar-refractivity contribution is 6.31. The maximum atomic E-state index is 10.8. The summed E-state index contributed by atoms with van der Waals surface area (Å²) < 4.78 is 11.9. The van der Waals surface area contributed by atoms with E-state index in [2.05, 4.69) is 0 Å². The predicted molar refractivity (Wildman–Crippen MR) is 121 cm³/mol. The summed E-state index contributed by atoms with van der Waals surface area (Å²) in [7, 11) is 0. The van der Waals surface area contributed by atoms with Crippen molar-refractivity contribution in [2.24, 2.45) is 5.92 Å². The zero-order valence-electron chi connectivity index (χ0n) is 18.2. The first-order valence-corrected chi connectivity index (χ1v) is 11.6. The van der Waals surface area contributed by atoms with Gasteiger partial charge in [0.1, 0.15) is 18.0 Å². The molecule has 6 nitrogen and oxygen atoms in total. The molecule has 0 spiro atoms. The first kappa shape index (κ1) is 23.5. The second kappa shape index (κ2) is 9.67. The molecule has 6 unspecified atom stereocenters. The highest BCUT2D eigenvalue weighted by atomic mass is 35.5. The van der Waals surface area contributed by atoms with Gasteiger partial charge >= 0.3 is 0 Å². The van der Waals surface area contributed by atoms with Gasteiger partial charge in [-0.25, -0.2) is 0 Å². The fourth-order valence-electron chi connectivity index (χ4n) is 5.03. The minimum atomic E-state index is -1.08. The third kappa shape index (κ3) is 4.53. The van der Waals surface area contributed by atoms with E-state index in [1.54, 1.807) is 12.1 Å². The van der Waals surface area contributed by atoms with Gasteiger partial charge in [-0.05, 0) is 61.1 Å². The SMILES string of the molecule is CCOc1ccc(Cc2cc(C3OC4(CC(O)CO)CCC4C(O)C3O)ccc2Cl)cc1. The largest absolute Gasteiger partial charge is 0.494 e. The Kier molecular flexibility index (Phi) is 7.10. The molecule has 174 valence electrons. The number of aliphatic hydroxyl groups excluding tert-OH is 4. The molecule has 7 heteroatoms. The molecule has 1 aliphatic carbocycles. The molecule has 2 aromatic rings. The molecule has 1 saturated carbocycles. The van der Waals surface area contributed by atoms with E-state index in [-0.39, 0.29) is 18.9 Å². The van der Waals surface area contributed by atoms with E-state index in [0.29, 0.717) is 30.9 Å². The summed E-state index contributed by atoms with van der Waals surface area (Å²) in [4.78, 5) is 0. The zero-order chi connectivity index (χ0) is 22.9. The van der Waals surface area contributed by atoms with Gasteiger partial charge in [0.15, 0.2) is 0 Å². The summed E-state index contributed by atoms with van der Waals surface area (Å²) >= 11 is 6.47. The Balaban J connectivity index is 1.57. The molecule has 2 fully saturated rings. The number of hydrogen-bond acceptors (Lipinski definition) is 6. The topological polar surface area (TPSA) is 99.4 Å². The number of fused-ring (bicyclic) bond motifs is 1. The lowest BCUT2D eigenvalue weighted by atomic mass is 9.60. The first-order valence-electron chi connectivity index (χ1n) is 11.2. The molecule has 1 saturated heterocycles. The molecule has 6 atom stereocenters. The molecule has 0 bridgehead atoms. The van der Waals surface area contributed by atoms with Gasteiger partial charge in [0, 0.05) is 17.4 Å². The average molecular weight is 463 g/mol. The molecule has 0 aromatic heterocycles. The second-order valence-electron chi connectivity index (χ2n) is 8.87. The lowest BCUT2D eigenvalue weighted by Gasteiger charge is -2.58. The quantitative estimate of drug-likeness (QED) is 0.481. The number of rotatable bonds is 8. The van der Waals surface area contributed by atoms with Crippen molar-refractivity contribution in [3.8, 4) is 5.75 Å². The molecule has 1 heterocycles. The number of benzene rings is 2. The van der Waals surface area contributed by atoms with E-state index in [0.717, 1.165) is 22.4 Å². The van der Waals surface area contributed by atoms with E-state index in [9.17, 15) is 20.4 Å². The molecular formula is C25H31ClO6. The van der Waals surface area contributed by atoms with Gasteiger partial charge in [-0.2, -0.15) is 0 Å². The summed E-state index contributed by atoms with van der Waals surface area (Å²) in [6.07, 6.45) is -1.51. The van der Waals surface area contributed by atoms with Gasteiger partial charge < -0.3 is 29.9 Å². The number of halogens is 1. The van der Waals surface area contributed by atoms with Crippen LogP contribution in [0.25, 0.3) is 0 Å². The fourth-order valence-corrected chi connectivity index (χ4v) is 5.21. The number of hydrogen-bond donors (Lipinski definition) is 4. The lowest BCUT2D eigenvalue weighted by Crippen LogP contribution is -2.64. The smallest absolute Gasteiger partial charge is 0.119 e. The van der Waals surface area contributed by atoms with Gasteiger partial charge in [0.25, 0.3) is 0 Å². The molecule has 4 N–H and O–H groups in total. The van der Waals surface area contributed by atoms with Crippen molar-refractivity contribution >= 4 is 11.6 Å². The Hall–Kier alpha value is -1.67. The molecular weight excluding hydrogens is 432 g/mol. The molecule has 0 radical (unpaired) electrons. The van der Waals surface area contributed by atoms with E-state index in [4.69, 9.17) is 21.1 Å². The Morgan fingerprint density at radius 3 is 2.53 bits per heavy atom. The van der Waals surface area contributed by atoms with Gasteiger partial charge in [0.2, 0.25) is 0 Å². The summed E-state index contributed by atoms with van der Waals surface area (Å²) in [5.74, 6) is 0.555. The maximum absolute atomic E-state index is 10.8. The second-order valence-corrected chi connectivity index (χ2v) is 9.28. The van der Waals surface area contributed by atoms with Crippen LogP contribution in [0.2, 0.25) is 5.02 Å². The summed E-state index contributed by atoms with van der Waals surface area (Å²) in [6, 6.07) is 13.3. The third-order valence-corrected chi connectivity index (χ3v) is 7.18. The van der Waals surface area contributed by atoms with Crippen molar-refractivity contribution in [3.05, 3.63) is 64.2 Å². The van der Waals surface area contributed by atoms with Crippen LogP contribution in [0.1, 0.15) is 49.0 Å². The van der Waals surface area contributed by atoms with E-state index in [1.165, 1.54) is 0 Å². The summed E-state index contributed by atoms with van der Waals surface area (Å²) in [6.45, 7) is 2.19. The van der Waals surface area contributed by atoms with Crippen LogP contribution in [-0.2, 0) is 11.2 Å². The highest BCUT2D eigenvalue weighted by Gasteiger charge is 2.59. The van der Waals surface area contributed by atoms with Gasteiger partial charge in [0.05, 0.1) is 31.0 Å². The maximum Gasteiger partial charge on any atom is 0.119 e. The molecule has 2 aromatic carbocycles. The van der Waals surface area contributed by atoms with Crippen LogP contribution < -0.4 is 4.74 Å². The predicted octanol–water partition coefficient (Wildman–Crippen LogP) is 3.01. The molecule has 0 amide bonds. The Bertz CT molecular complexity index is 919. The fraction of sp³-hybridized carbons (Fsp3) is 0.520. The molecule has 4 rings (SSSR count). The van der Waals surface area contributed by atoms with Crippen molar-refractivity contribution in [1.29, 1.82) is 0 Å². The minimum absolute atomic E-state index is 0.223. The monoisotopic (exact) mass is 462 g/mol. The lowest BCUT2D eigenvalue weighted by molar-refractivity contribution is -0.296. The summed E-state index contributed by atoms with van der Waals surface area (Å²) in [5.41, 5.74) is 1.93. The first-order chi connectivity index (χ1) is 15.4. The van der Waals surface area contributed by atoms with Crippen LogP contribution in [-0.4, -0.2) is 57.6 Å². The van der Waals surface area contributed by atoms with Crippen molar-refractivity contribution in [2.45, 2.75) is 62.6 Å². The van der Waals surface area contributed by atoms with Crippen LogP contribution in [0.5, 0.6) is 5.75 Å². The van der Waals surface area contributed by atoms with E-state index >= 15 is 0 Å². The normalized spacial score (nSPS) is 30.3. The van der Waals surface area contributed by atoms with Crippen molar-refractivity contribution < 1.29 is 29.9 Å². The Morgan fingerprint density at radius 1 is 1.16 bits per heavy atom. The van der Waals surface area contributed by atoms with Crippen LogP contribution >= 0.6 is 11.6 Å². The van der Waals surface area contributed by atoms with E-state index in [1.807, 2.05) is 37.3 Å². The van der Waals surface area contributed by atoms with Crippen molar-refractivity contribution in [1.82, 2.24) is 0 Å². The summed E-state index contributed by atoms with van der Waals surface area (Å²) in [5, 5.41) is 41.5. The standard InChI is InChI=1S/C25H31ClO6/c1-2-31-19-6-3-15(4-7-19)11-17-12-16(5-8-21(17)26)24-23(30)22(29)20-9-10-25(20,32-24)13-18(28)14-27/h3-8,12,18,20,22-24,27-30H,2,9-11,13-14H2,1H3. The number of ether oxygens (including phenoxy) is 2.